The lowest BCUT2D eigenvalue weighted by molar-refractivity contribution is -0.138. The Bertz CT molecular complexity index is 168. The molecule has 0 bridgehead atoms. The Morgan fingerprint density at radius 3 is 2.54 bits per heavy atom. The molecule has 0 aliphatic rings. The van der Waals surface area contributed by atoms with Crippen LogP contribution in [0, 0.1) is 11.8 Å². The lowest BCUT2D eigenvalue weighted by atomic mass is 9.94. The number of hydrogen-bond donors (Lipinski definition) is 2. The van der Waals surface area contributed by atoms with Gasteiger partial charge in [0.1, 0.15) is 0 Å². The molecule has 76 valence electrons. The van der Waals surface area contributed by atoms with Gasteiger partial charge in [0.15, 0.2) is 0 Å². The Hall–Kier alpha value is -1.06. The summed E-state index contributed by atoms with van der Waals surface area (Å²) in [6.07, 6.45) is 1.56. The van der Waals surface area contributed by atoms with Crippen LogP contribution >= 0.6 is 0 Å². The molecule has 0 aliphatic carbocycles. The fourth-order valence-corrected chi connectivity index (χ4v) is 1.37. The maximum atomic E-state index is 10.4. The van der Waals surface area contributed by atoms with Gasteiger partial charge in [-0.2, -0.15) is 0 Å². The highest BCUT2D eigenvalue weighted by Crippen LogP contribution is 2.14. The van der Waals surface area contributed by atoms with Gasteiger partial charge in [0.05, 0.1) is 0 Å². The van der Waals surface area contributed by atoms with Crippen LogP contribution in [0.1, 0.15) is 26.7 Å². The van der Waals surface area contributed by atoms with Gasteiger partial charge in [0, 0.05) is 13.0 Å². The summed E-state index contributed by atoms with van der Waals surface area (Å²) in [5.74, 6) is -0.307. The van der Waals surface area contributed by atoms with Crippen molar-refractivity contribution >= 4 is 12.4 Å². The van der Waals surface area contributed by atoms with Crippen molar-refractivity contribution in [1.82, 2.24) is 5.32 Å². The van der Waals surface area contributed by atoms with Gasteiger partial charge in [-0.1, -0.05) is 13.8 Å². The van der Waals surface area contributed by atoms with Gasteiger partial charge in [0.2, 0.25) is 6.41 Å². The summed E-state index contributed by atoms with van der Waals surface area (Å²) in [7, 11) is 0. The van der Waals surface area contributed by atoms with Crippen molar-refractivity contribution in [3.63, 3.8) is 0 Å². The molecule has 0 fully saturated rings. The van der Waals surface area contributed by atoms with E-state index in [1.807, 2.05) is 13.8 Å². The summed E-state index contributed by atoms with van der Waals surface area (Å²) in [4.78, 5) is 20.5. The van der Waals surface area contributed by atoms with Crippen molar-refractivity contribution in [2.45, 2.75) is 26.7 Å². The van der Waals surface area contributed by atoms with Crippen LogP contribution in [-0.4, -0.2) is 24.0 Å². The number of aliphatic carboxylic acids is 1. The van der Waals surface area contributed by atoms with E-state index < -0.39 is 5.97 Å². The fourth-order valence-electron chi connectivity index (χ4n) is 1.37. The number of carboxylic acids is 1. The molecule has 0 spiro atoms. The predicted molar refractivity (Wildman–Crippen MR) is 49.3 cm³/mol. The molecule has 4 heteroatoms. The molecule has 13 heavy (non-hydrogen) atoms. The van der Waals surface area contributed by atoms with Crippen LogP contribution in [0.5, 0.6) is 0 Å². The van der Waals surface area contributed by atoms with E-state index in [-0.39, 0.29) is 12.3 Å². The predicted octanol–water partition coefficient (Wildman–Crippen LogP) is 0.869. The zero-order valence-electron chi connectivity index (χ0n) is 8.12. The molecule has 0 saturated heterocycles. The van der Waals surface area contributed by atoms with E-state index in [4.69, 9.17) is 5.11 Å². The van der Waals surface area contributed by atoms with E-state index >= 15 is 0 Å². The Morgan fingerprint density at radius 1 is 1.54 bits per heavy atom. The molecule has 0 aromatic rings. The van der Waals surface area contributed by atoms with E-state index in [1.165, 1.54) is 0 Å². The molecule has 2 N–H and O–H groups in total. The van der Waals surface area contributed by atoms with Crippen LogP contribution in [0.3, 0.4) is 0 Å². The third kappa shape index (κ3) is 7.31. The molecule has 0 aromatic heterocycles. The standard InChI is InChI=1S/C9H17NO3/c1-7(2)3-8(4-9(12)13)5-10-6-11/h6-8H,3-5H2,1-2H3,(H,10,11)(H,12,13)/t8-/m0/s1. The van der Waals surface area contributed by atoms with Gasteiger partial charge in [-0.3, -0.25) is 9.59 Å². The number of carboxylic acid groups (broad SMARTS) is 1. The third-order valence-electron chi connectivity index (χ3n) is 1.76. The summed E-state index contributed by atoms with van der Waals surface area (Å²) < 4.78 is 0. The van der Waals surface area contributed by atoms with Crippen LogP contribution in [0.2, 0.25) is 0 Å². The normalized spacial score (nSPS) is 12.5. The second kappa shape index (κ2) is 6.46. The minimum atomic E-state index is -0.807. The van der Waals surface area contributed by atoms with Crippen molar-refractivity contribution in [2.75, 3.05) is 6.54 Å². The highest BCUT2D eigenvalue weighted by Gasteiger charge is 2.14. The Labute approximate surface area is 78.3 Å². The smallest absolute Gasteiger partial charge is 0.303 e. The van der Waals surface area contributed by atoms with E-state index in [0.717, 1.165) is 6.42 Å². The van der Waals surface area contributed by atoms with Crippen molar-refractivity contribution in [1.29, 1.82) is 0 Å². The Kier molecular flexibility index (Phi) is 5.93. The van der Waals surface area contributed by atoms with Crippen molar-refractivity contribution in [2.24, 2.45) is 11.8 Å². The van der Waals surface area contributed by atoms with Crippen LogP contribution in [-0.2, 0) is 9.59 Å². The average molecular weight is 187 g/mol. The van der Waals surface area contributed by atoms with Gasteiger partial charge in [-0.15, -0.1) is 0 Å². The van der Waals surface area contributed by atoms with E-state index in [9.17, 15) is 9.59 Å². The molecule has 0 aromatic carbocycles. The van der Waals surface area contributed by atoms with Crippen LogP contribution in [0.15, 0.2) is 0 Å². The van der Waals surface area contributed by atoms with E-state index in [1.54, 1.807) is 0 Å². The van der Waals surface area contributed by atoms with Gasteiger partial charge < -0.3 is 10.4 Å². The first kappa shape index (κ1) is 11.9. The highest BCUT2D eigenvalue weighted by molar-refractivity contribution is 5.67. The molecule has 0 rings (SSSR count). The van der Waals surface area contributed by atoms with Gasteiger partial charge in [-0.05, 0) is 18.3 Å². The second-order valence-corrected chi connectivity index (χ2v) is 3.62. The first-order valence-corrected chi connectivity index (χ1v) is 4.45. The molecule has 1 atom stereocenters. The fraction of sp³-hybridized carbons (Fsp3) is 0.778. The molecular formula is C9H17NO3. The van der Waals surface area contributed by atoms with E-state index in [0.29, 0.717) is 18.9 Å². The van der Waals surface area contributed by atoms with Crippen molar-refractivity contribution < 1.29 is 14.7 Å². The maximum absolute atomic E-state index is 10.4. The van der Waals surface area contributed by atoms with Crippen molar-refractivity contribution in [3.05, 3.63) is 0 Å². The molecule has 4 nitrogen and oxygen atoms in total. The lowest BCUT2D eigenvalue weighted by Crippen LogP contribution is -2.24. The van der Waals surface area contributed by atoms with Gasteiger partial charge >= 0.3 is 5.97 Å². The number of carbonyl (C=O) groups is 2. The quantitative estimate of drug-likeness (QED) is 0.581. The largest absolute Gasteiger partial charge is 0.481 e. The molecular weight excluding hydrogens is 170 g/mol. The monoisotopic (exact) mass is 187 g/mol. The summed E-state index contributed by atoms with van der Waals surface area (Å²) in [6, 6.07) is 0. The Balaban J connectivity index is 3.86. The molecule has 0 heterocycles. The molecule has 0 unspecified atom stereocenters. The van der Waals surface area contributed by atoms with E-state index in [2.05, 4.69) is 5.32 Å². The first-order valence-electron chi connectivity index (χ1n) is 4.45. The van der Waals surface area contributed by atoms with Crippen LogP contribution in [0.4, 0.5) is 0 Å². The minimum Gasteiger partial charge on any atom is -0.481 e. The lowest BCUT2D eigenvalue weighted by Gasteiger charge is -2.15. The third-order valence-corrected chi connectivity index (χ3v) is 1.76. The molecule has 0 radical (unpaired) electrons. The number of rotatable bonds is 7. The molecule has 1 amide bonds. The number of nitrogens with one attached hydrogen (secondary N) is 1. The first-order chi connectivity index (χ1) is 6.06. The maximum Gasteiger partial charge on any atom is 0.303 e. The number of carbonyl (C=O) groups excluding carboxylic acids is 1. The summed E-state index contributed by atoms with van der Waals surface area (Å²) in [6.45, 7) is 4.53. The van der Waals surface area contributed by atoms with Crippen molar-refractivity contribution in [3.8, 4) is 0 Å². The SMILES string of the molecule is CC(C)C[C@H](CNC=O)CC(=O)O. The highest BCUT2D eigenvalue weighted by atomic mass is 16.4. The molecule has 0 saturated carbocycles. The summed E-state index contributed by atoms with van der Waals surface area (Å²) >= 11 is 0. The Morgan fingerprint density at radius 2 is 2.15 bits per heavy atom. The number of amides is 1. The van der Waals surface area contributed by atoms with Crippen LogP contribution in [0.25, 0.3) is 0 Å². The minimum absolute atomic E-state index is 0.0442. The summed E-state index contributed by atoms with van der Waals surface area (Å²) in [5.41, 5.74) is 0. The topological polar surface area (TPSA) is 66.4 Å². The zero-order valence-corrected chi connectivity index (χ0v) is 8.12. The van der Waals surface area contributed by atoms with Gasteiger partial charge in [-0.25, -0.2) is 0 Å². The number of hydrogen-bond acceptors (Lipinski definition) is 2. The zero-order chi connectivity index (χ0) is 10.3. The second-order valence-electron chi connectivity index (χ2n) is 3.62. The van der Waals surface area contributed by atoms with Gasteiger partial charge in [0.25, 0.3) is 0 Å². The average Bonchev–Trinajstić information content (AvgIpc) is 1.98. The molecule has 0 aliphatic heterocycles. The summed E-state index contributed by atoms with van der Waals surface area (Å²) in [5, 5.41) is 11.1. The van der Waals surface area contributed by atoms with Crippen LogP contribution < -0.4 is 5.32 Å².